The van der Waals surface area contributed by atoms with Crippen LogP contribution in [0.4, 0.5) is 4.79 Å². The molecule has 2 amide bonds. The van der Waals surface area contributed by atoms with Gasteiger partial charge in [0.2, 0.25) is 5.91 Å². The molecule has 0 radical (unpaired) electrons. The Morgan fingerprint density at radius 2 is 1.60 bits per heavy atom. The van der Waals surface area contributed by atoms with Crippen LogP contribution in [0.3, 0.4) is 0 Å². The molecule has 11 heteroatoms. The van der Waals surface area contributed by atoms with Crippen molar-refractivity contribution in [1.29, 1.82) is 0 Å². The Hall–Kier alpha value is -3.18. The summed E-state index contributed by atoms with van der Waals surface area (Å²) in [6, 6.07) is 7.81. The standard InChI is InChI=1S/C24H36N2O9/c1-24(2,3)35-20(28)14-26(15-21(32-5)33-6)22(29)18(12-13-19(27)31-4)25-23(30)34-16-17-10-8-7-9-11-17/h7-11,18,21H,12-16H2,1-6H3,(H,25,30)/t18-/m1/s1. The molecule has 0 spiro atoms. The van der Waals surface area contributed by atoms with Crippen molar-refractivity contribution < 1.29 is 42.9 Å². The highest BCUT2D eigenvalue weighted by molar-refractivity contribution is 5.89. The van der Waals surface area contributed by atoms with Gasteiger partial charge in [0, 0.05) is 20.6 Å². The van der Waals surface area contributed by atoms with Crippen molar-refractivity contribution in [2.75, 3.05) is 34.4 Å². The van der Waals surface area contributed by atoms with Gasteiger partial charge in [-0.05, 0) is 32.8 Å². The van der Waals surface area contributed by atoms with Crippen molar-refractivity contribution in [3.8, 4) is 0 Å². The minimum absolute atomic E-state index is 0.0123. The van der Waals surface area contributed by atoms with Crippen molar-refractivity contribution in [1.82, 2.24) is 10.2 Å². The van der Waals surface area contributed by atoms with E-state index in [2.05, 4.69) is 10.1 Å². The van der Waals surface area contributed by atoms with Crippen LogP contribution >= 0.6 is 0 Å². The summed E-state index contributed by atoms with van der Waals surface area (Å²) in [5.74, 6) is -1.86. The van der Waals surface area contributed by atoms with Crippen LogP contribution in [0.2, 0.25) is 0 Å². The van der Waals surface area contributed by atoms with E-state index < -0.39 is 48.4 Å². The van der Waals surface area contributed by atoms with E-state index in [1.54, 1.807) is 45.0 Å². The van der Waals surface area contributed by atoms with Crippen LogP contribution in [0.25, 0.3) is 0 Å². The predicted octanol–water partition coefficient (Wildman–Crippen LogP) is 2.02. The summed E-state index contributed by atoms with van der Waals surface area (Å²) in [4.78, 5) is 51.2. The van der Waals surface area contributed by atoms with Crippen LogP contribution in [0.5, 0.6) is 0 Å². The number of alkyl carbamates (subject to hydrolysis) is 1. The van der Waals surface area contributed by atoms with Gasteiger partial charge in [-0.1, -0.05) is 30.3 Å². The lowest BCUT2D eigenvalue weighted by atomic mass is 10.1. The fourth-order valence-electron chi connectivity index (χ4n) is 2.94. The van der Waals surface area contributed by atoms with Gasteiger partial charge in [-0.25, -0.2) is 4.79 Å². The molecule has 0 saturated heterocycles. The summed E-state index contributed by atoms with van der Waals surface area (Å²) in [6.45, 7) is 4.55. The third kappa shape index (κ3) is 12.2. The number of nitrogens with one attached hydrogen (secondary N) is 1. The molecule has 35 heavy (non-hydrogen) atoms. The van der Waals surface area contributed by atoms with Gasteiger partial charge in [0.05, 0.1) is 13.7 Å². The summed E-state index contributed by atoms with van der Waals surface area (Å²) in [5.41, 5.74) is -0.00742. The minimum atomic E-state index is -1.19. The number of ether oxygens (including phenoxy) is 5. The van der Waals surface area contributed by atoms with Crippen LogP contribution in [-0.2, 0) is 44.7 Å². The largest absolute Gasteiger partial charge is 0.469 e. The number of methoxy groups -OCH3 is 3. The second-order valence-corrected chi connectivity index (χ2v) is 8.58. The molecular formula is C24H36N2O9. The van der Waals surface area contributed by atoms with E-state index in [1.807, 2.05) is 6.07 Å². The van der Waals surface area contributed by atoms with Crippen LogP contribution < -0.4 is 5.32 Å². The van der Waals surface area contributed by atoms with E-state index >= 15 is 0 Å². The highest BCUT2D eigenvalue weighted by Gasteiger charge is 2.31. The Kier molecular flexibility index (Phi) is 12.7. The van der Waals surface area contributed by atoms with Crippen molar-refractivity contribution in [3.05, 3.63) is 35.9 Å². The van der Waals surface area contributed by atoms with E-state index in [1.165, 1.54) is 21.3 Å². The number of rotatable bonds is 13. The molecule has 1 aromatic carbocycles. The Labute approximate surface area is 206 Å². The van der Waals surface area contributed by atoms with Crippen molar-refractivity contribution in [2.45, 2.75) is 58.2 Å². The number of esters is 2. The second-order valence-electron chi connectivity index (χ2n) is 8.58. The highest BCUT2D eigenvalue weighted by atomic mass is 16.7. The zero-order valence-electron chi connectivity index (χ0n) is 21.2. The molecule has 1 atom stereocenters. The number of carbonyl (C=O) groups is 4. The molecule has 1 rings (SSSR count). The molecule has 0 saturated carbocycles. The van der Waals surface area contributed by atoms with E-state index in [0.29, 0.717) is 0 Å². The van der Waals surface area contributed by atoms with Gasteiger partial charge in [-0.2, -0.15) is 0 Å². The Morgan fingerprint density at radius 3 is 2.14 bits per heavy atom. The molecule has 0 heterocycles. The predicted molar refractivity (Wildman–Crippen MR) is 125 cm³/mol. The van der Waals surface area contributed by atoms with Gasteiger partial charge in [0.15, 0.2) is 6.29 Å². The highest BCUT2D eigenvalue weighted by Crippen LogP contribution is 2.11. The lowest BCUT2D eigenvalue weighted by molar-refractivity contribution is -0.164. The molecule has 0 aromatic heterocycles. The number of benzene rings is 1. The molecule has 1 aromatic rings. The zero-order chi connectivity index (χ0) is 26.4. The van der Waals surface area contributed by atoms with Crippen LogP contribution in [-0.4, -0.2) is 81.2 Å². The molecule has 196 valence electrons. The maximum atomic E-state index is 13.4. The van der Waals surface area contributed by atoms with E-state index in [4.69, 9.17) is 18.9 Å². The summed E-state index contributed by atoms with van der Waals surface area (Å²) in [6.07, 6.45) is -1.93. The van der Waals surface area contributed by atoms with Gasteiger partial charge in [0.1, 0.15) is 24.8 Å². The normalized spacial score (nSPS) is 12.0. The Balaban J connectivity index is 3.02. The molecule has 0 aliphatic carbocycles. The lowest BCUT2D eigenvalue weighted by Crippen LogP contribution is -2.52. The van der Waals surface area contributed by atoms with Crippen LogP contribution in [0.15, 0.2) is 30.3 Å². The Bertz CT molecular complexity index is 820. The van der Waals surface area contributed by atoms with E-state index in [-0.39, 0.29) is 26.0 Å². The number of hydrogen-bond donors (Lipinski definition) is 1. The average molecular weight is 497 g/mol. The molecule has 0 aliphatic rings. The summed E-state index contributed by atoms with van der Waals surface area (Å²) in [5, 5.41) is 2.48. The topological polar surface area (TPSA) is 130 Å². The van der Waals surface area contributed by atoms with Gasteiger partial charge in [-0.15, -0.1) is 0 Å². The molecule has 0 bridgehead atoms. The number of amides is 2. The fourth-order valence-corrected chi connectivity index (χ4v) is 2.94. The van der Waals surface area contributed by atoms with Gasteiger partial charge in [0.25, 0.3) is 0 Å². The van der Waals surface area contributed by atoms with Gasteiger partial charge in [-0.3, -0.25) is 14.4 Å². The molecule has 0 unspecified atom stereocenters. The van der Waals surface area contributed by atoms with Crippen molar-refractivity contribution >= 4 is 23.9 Å². The lowest BCUT2D eigenvalue weighted by Gasteiger charge is -2.30. The maximum Gasteiger partial charge on any atom is 0.408 e. The smallest absolute Gasteiger partial charge is 0.408 e. The van der Waals surface area contributed by atoms with Crippen LogP contribution in [0, 0.1) is 0 Å². The van der Waals surface area contributed by atoms with Crippen molar-refractivity contribution in [3.63, 3.8) is 0 Å². The van der Waals surface area contributed by atoms with Gasteiger partial charge < -0.3 is 33.9 Å². The number of carbonyl (C=O) groups excluding carboxylic acids is 4. The Morgan fingerprint density at radius 1 is 0.971 bits per heavy atom. The maximum absolute atomic E-state index is 13.4. The molecule has 11 nitrogen and oxygen atoms in total. The molecule has 0 aliphatic heterocycles. The second kappa shape index (κ2) is 14.9. The van der Waals surface area contributed by atoms with Crippen LogP contribution in [0.1, 0.15) is 39.2 Å². The van der Waals surface area contributed by atoms with E-state index in [9.17, 15) is 19.2 Å². The summed E-state index contributed by atoms with van der Waals surface area (Å²) >= 11 is 0. The first-order chi connectivity index (χ1) is 16.5. The quantitative estimate of drug-likeness (QED) is 0.248. The third-order valence-electron chi connectivity index (χ3n) is 4.61. The zero-order valence-corrected chi connectivity index (χ0v) is 21.2. The number of hydrogen-bond acceptors (Lipinski definition) is 9. The molecular weight excluding hydrogens is 460 g/mol. The van der Waals surface area contributed by atoms with Crippen molar-refractivity contribution in [2.24, 2.45) is 0 Å². The summed E-state index contributed by atoms with van der Waals surface area (Å²) < 4.78 is 25.5. The fraction of sp³-hybridized carbons (Fsp3) is 0.583. The molecule has 1 N–H and O–H groups in total. The molecule has 0 fully saturated rings. The number of nitrogens with zero attached hydrogens (tertiary/aromatic N) is 1. The van der Waals surface area contributed by atoms with Gasteiger partial charge >= 0.3 is 18.0 Å². The summed E-state index contributed by atoms with van der Waals surface area (Å²) in [7, 11) is 3.99. The first kappa shape index (κ1) is 29.9. The first-order valence-electron chi connectivity index (χ1n) is 11.1. The van der Waals surface area contributed by atoms with E-state index in [0.717, 1.165) is 10.5 Å². The monoisotopic (exact) mass is 496 g/mol. The third-order valence-corrected chi connectivity index (χ3v) is 4.61. The minimum Gasteiger partial charge on any atom is -0.469 e. The first-order valence-corrected chi connectivity index (χ1v) is 11.1. The average Bonchev–Trinajstić information content (AvgIpc) is 2.81. The SMILES string of the molecule is COC(=O)CC[C@@H](NC(=O)OCc1ccccc1)C(=O)N(CC(=O)OC(C)(C)C)CC(OC)OC.